The van der Waals surface area contributed by atoms with Gasteiger partial charge >= 0.3 is 0 Å². The van der Waals surface area contributed by atoms with Crippen molar-refractivity contribution in [2.75, 3.05) is 19.0 Å². The maximum Gasteiger partial charge on any atom is 0.294 e. The Morgan fingerprint density at radius 2 is 1.85 bits per heavy atom. The minimum Gasteiger partial charge on any atom is -0.493 e. The van der Waals surface area contributed by atoms with Crippen LogP contribution in [-0.2, 0) is 16.2 Å². The van der Waals surface area contributed by atoms with E-state index in [0.717, 1.165) is 33.4 Å². The topological polar surface area (TPSA) is 84.9 Å². The lowest BCUT2D eigenvalue weighted by molar-refractivity contribution is -0.127. The van der Waals surface area contributed by atoms with Crippen LogP contribution in [0.5, 0.6) is 11.5 Å². The molecule has 7 nitrogen and oxygen atoms in total. The molecule has 1 saturated heterocycles. The van der Waals surface area contributed by atoms with Gasteiger partial charge in [0.2, 0.25) is 5.91 Å². The molecule has 3 aromatic carbocycles. The third-order valence-electron chi connectivity index (χ3n) is 5.90. The van der Waals surface area contributed by atoms with Crippen molar-refractivity contribution in [2.24, 2.45) is 0 Å². The van der Waals surface area contributed by atoms with E-state index >= 15 is 0 Å². The summed E-state index contributed by atoms with van der Waals surface area (Å²) in [5.41, 5.74) is 4.06. The fourth-order valence-electron chi connectivity index (χ4n) is 3.70. The first-order valence-corrected chi connectivity index (χ1v) is 14.0. The lowest BCUT2D eigenvalue weighted by atomic mass is 10.1. The average Bonchev–Trinajstić information content (AvgIpc) is 3.13. The summed E-state index contributed by atoms with van der Waals surface area (Å²) in [6.07, 6.45) is 1.57. The van der Waals surface area contributed by atoms with Crippen molar-refractivity contribution in [2.45, 2.75) is 20.5 Å². The van der Waals surface area contributed by atoms with E-state index in [1.54, 1.807) is 42.5 Å². The summed E-state index contributed by atoms with van der Waals surface area (Å²) in [7, 11) is 1.50. The highest BCUT2D eigenvalue weighted by Gasteiger charge is 2.36. The fourth-order valence-corrected chi connectivity index (χ4v) is 5.58. The Kier molecular flexibility index (Phi) is 9.27. The molecule has 0 saturated carbocycles. The van der Waals surface area contributed by atoms with Gasteiger partial charge in [0.1, 0.15) is 13.2 Å². The van der Waals surface area contributed by atoms with E-state index in [0.29, 0.717) is 37.3 Å². The summed E-state index contributed by atoms with van der Waals surface area (Å²) < 4.78 is 12.0. The molecule has 3 amide bonds. The van der Waals surface area contributed by atoms with Gasteiger partial charge in [0.05, 0.1) is 16.5 Å². The summed E-state index contributed by atoms with van der Waals surface area (Å²) in [6.45, 7) is 3.70. The Hall–Kier alpha value is -2.98. The molecular weight excluding hydrogens is 627 g/mol. The van der Waals surface area contributed by atoms with Crippen molar-refractivity contribution < 1.29 is 23.9 Å². The van der Waals surface area contributed by atoms with Crippen molar-refractivity contribution in [3.63, 3.8) is 0 Å². The zero-order valence-electron chi connectivity index (χ0n) is 21.1. The largest absolute Gasteiger partial charge is 0.493 e. The van der Waals surface area contributed by atoms with Gasteiger partial charge in [-0.1, -0.05) is 35.3 Å². The highest BCUT2D eigenvalue weighted by Crippen LogP contribution is 2.40. The fraction of sp³-hybridized carbons (Fsp3) is 0.179. The van der Waals surface area contributed by atoms with Crippen LogP contribution in [0.15, 0.2) is 57.9 Å². The van der Waals surface area contributed by atoms with Crippen molar-refractivity contribution in [3.05, 3.63) is 90.2 Å². The van der Waals surface area contributed by atoms with Crippen LogP contribution in [0.4, 0.5) is 10.5 Å². The number of ether oxygens (including phenoxy) is 2. The number of aryl methyl sites for hydroxylation is 2. The number of thioether (sulfide) groups is 1. The molecule has 0 aromatic heterocycles. The number of methoxy groups -OCH3 is 1. The monoisotopic (exact) mass is 648 g/mol. The summed E-state index contributed by atoms with van der Waals surface area (Å²) >= 11 is 16.5. The number of rotatable bonds is 8. The van der Waals surface area contributed by atoms with E-state index in [1.165, 1.54) is 7.11 Å². The molecule has 3 aromatic rings. The summed E-state index contributed by atoms with van der Waals surface area (Å²) in [6, 6.07) is 14.1. The lowest BCUT2D eigenvalue weighted by Gasteiger charge is -2.14. The minimum atomic E-state index is -0.548. The Labute approximate surface area is 248 Å². The number of hydrogen-bond acceptors (Lipinski definition) is 6. The van der Waals surface area contributed by atoms with Gasteiger partial charge in [0.15, 0.2) is 11.5 Å². The molecule has 4 rings (SSSR count). The third kappa shape index (κ3) is 6.97. The average molecular weight is 650 g/mol. The van der Waals surface area contributed by atoms with Crippen LogP contribution in [0.2, 0.25) is 10.0 Å². The molecule has 1 N–H and O–H groups in total. The van der Waals surface area contributed by atoms with Crippen LogP contribution in [0.1, 0.15) is 22.3 Å². The first-order valence-electron chi connectivity index (χ1n) is 11.6. The first-order chi connectivity index (χ1) is 18.5. The zero-order valence-corrected chi connectivity index (χ0v) is 25.1. The number of carbonyl (C=O) groups excluding carboxylic acids is 3. The van der Waals surface area contributed by atoms with E-state index in [4.69, 9.17) is 32.7 Å². The van der Waals surface area contributed by atoms with Gasteiger partial charge in [0.25, 0.3) is 11.1 Å². The molecule has 0 atom stereocenters. The number of anilines is 1. The predicted molar refractivity (Wildman–Crippen MR) is 159 cm³/mol. The molecule has 1 aliphatic rings. The standard InChI is InChI=1S/C28H23BrCl2N2O5S/c1-15-4-7-20(8-16(15)2)32-25(34)13-33-27(35)24(39-28(33)36)11-17-9-21(29)26(23(10-17)37-3)38-14-18-5-6-19(30)12-22(18)31/h4-12H,13-14H2,1-3H3,(H,32,34)/b24-11+. The van der Waals surface area contributed by atoms with Crippen LogP contribution in [-0.4, -0.2) is 35.6 Å². The number of carbonyl (C=O) groups is 3. The highest BCUT2D eigenvalue weighted by molar-refractivity contribution is 9.10. The number of halogens is 3. The molecule has 202 valence electrons. The zero-order chi connectivity index (χ0) is 28.3. The van der Waals surface area contributed by atoms with Gasteiger partial charge < -0.3 is 14.8 Å². The molecular formula is C28H23BrCl2N2O5S. The Morgan fingerprint density at radius 3 is 2.54 bits per heavy atom. The minimum absolute atomic E-state index is 0.174. The molecule has 1 aliphatic heterocycles. The van der Waals surface area contributed by atoms with Crippen molar-refractivity contribution in [1.29, 1.82) is 0 Å². The molecule has 11 heteroatoms. The van der Waals surface area contributed by atoms with E-state index in [1.807, 2.05) is 26.0 Å². The second-order valence-electron chi connectivity index (χ2n) is 8.67. The maximum absolute atomic E-state index is 13.0. The van der Waals surface area contributed by atoms with Gasteiger partial charge in [-0.3, -0.25) is 19.3 Å². The predicted octanol–water partition coefficient (Wildman–Crippen LogP) is 7.64. The SMILES string of the molecule is COc1cc(/C=C2/SC(=O)N(CC(=O)Nc3ccc(C)c(C)c3)C2=O)cc(Br)c1OCc1ccc(Cl)cc1Cl. The number of benzene rings is 3. The molecule has 39 heavy (non-hydrogen) atoms. The van der Waals surface area contributed by atoms with Gasteiger partial charge in [-0.2, -0.15) is 0 Å². The van der Waals surface area contributed by atoms with Crippen LogP contribution >= 0.6 is 50.9 Å². The molecule has 0 unspecified atom stereocenters. The van der Waals surface area contributed by atoms with Crippen LogP contribution in [0.25, 0.3) is 6.08 Å². The second-order valence-corrected chi connectivity index (χ2v) is 11.4. The normalized spacial score (nSPS) is 14.2. The van der Waals surface area contributed by atoms with Gasteiger partial charge in [-0.15, -0.1) is 0 Å². The van der Waals surface area contributed by atoms with Crippen LogP contribution in [0.3, 0.4) is 0 Å². The van der Waals surface area contributed by atoms with E-state index in [9.17, 15) is 14.4 Å². The number of hydrogen-bond donors (Lipinski definition) is 1. The number of nitrogens with one attached hydrogen (secondary N) is 1. The highest BCUT2D eigenvalue weighted by atomic mass is 79.9. The van der Waals surface area contributed by atoms with Gasteiger partial charge in [0, 0.05) is 21.3 Å². The van der Waals surface area contributed by atoms with Crippen LogP contribution in [0, 0.1) is 13.8 Å². The Bertz CT molecular complexity index is 1510. The lowest BCUT2D eigenvalue weighted by Crippen LogP contribution is -2.36. The van der Waals surface area contributed by atoms with Crippen LogP contribution < -0.4 is 14.8 Å². The number of nitrogens with zero attached hydrogens (tertiary/aromatic N) is 1. The van der Waals surface area contributed by atoms with Crippen molar-refractivity contribution in [1.82, 2.24) is 4.90 Å². The van der Waals surface area contributed by atoms with Crippen molar-refractivity contribution >= 4 is 79.7 Å². The van der Waals surface area contributed by atoms with Crippen molar-refractivity contribution in [3.8, 4) is 11.5 Å². The molecule has 0 radical (unpaired) electrons. The summed E-state index contributed by atoms with van der Waals surface area (Å²) in [5, 5.41) is 3.22. The third-order valence-corrected chi connectivity index (χ3v) is 7.99. The molecule has 0 spiro atoms. The Balaban J connectivity index is 1.47. The summed E-state index contributed by atoms with van der Waals surface area (Å²) in [5.74, 6) is -0.161. The summed E-state index contributed by atoms with van der Waals surface area (Å²) in [4.78, 5) is 39.2. The van der Waals surface area contributed by atoms with Gasteiger partial charge in [-0.05, 0) is 101 Å². The van der Waals surface area contributed by atoms with E-state index < -0.39 is 17.1 Å². The molecule has 0 aliphatic carbocycles. The molecule has 1 fully saturated rings. The van der Waals surface area contributed by atoms with E-state index in [-0.39, 0.29) is 18.1 Å². The van der Waals surface area contributed by atoms with E-state index in [2.05, 4.69) is 21.2 Å². The first kappa shape index (κ1) is 29.0. The number of amides is 3. The molecule has 0 bridgehead atoms. The smallest absolute Gasteiger partial charge is 0.294 e. The maximum atomic E-state index is 13.0. The van der Waals surface area contributed by atoms with Gasteiger partial charge in [-0.25, -0.2) is 0 Å². The number of imide groups is 1. The molecule has 1 heterocycles. The quantitative estimate of drug-likeness (QED) is 0.253. The Morgan fingerprint density at radius 1 is 1.08 bits per heavy atom. The second kappa shape index (κ2) is 12.5.